The summed E-state index contributed by atoms with van der Waals surface area (Å²) in [6, 6.07) is 13.5. The molecule has 0 bridgehead atoms. The second-order valence-corrected chi connectivity index (χ2v) is 8.72. The van der Waals surface area contributed by atoms with Gasteiger partial charge in [0.1, 0.15) is 6.04 Å². The second-order valence-electron chi connectivity index (χ2n) is 8.72. The minimum absolute atomic E-state index is 0.198. The van der Waals surface area contributed by atoms with Gasteiger partial charge in [-0.1, -0.05) is 36.4 Å². The largest absolute Gasteiger partial charge is 0.343 e. The Kier molecular flexibility index (Phi) is 11.4. The maximum absolute atomic E-state index is 13.1. The minimum Gasteiger partial charge on any atom is -0.343 e. The summed E-state index contributed by atoms with van der Waals surface area (Å²) in [5, 5.41) is 5.65. The van der Waals surface area contributed by atoms with E-state index in [1.807, 2.05) is 62.4 Å². The van der Waals surface area contributed by atoms with Gasteiger partial charge in [0.05, 0.1) is 12.5 Å². The Morgan fingerprint density at radius 2 is 1.51 bits per heavy atom. The first-order chi connectivity index (χ1) is 16.7. The summed E-state index contributed by atoms with van der Waals surface area (Å²) < 4.78 is 0. The van der Waals surface area contributed by atoms with Crippen molar-refractivity contribution in [2.45, 2.75) is 45.2 Å². The van der Waals surface area contributed by atoms with Crippen molar-refractivity contribution in [2.75, 3.05) is 31.5 Å². The third kappa shape index (κ3) is 9.48. The molecule has 0 aliphatic carbocycles. The number of nitrogens with two attached hydrogens (primary N) is 3. The highest BCUT2D eigenvalue weighted by Gasteiger charge is 2.26. The van der Waals surface area contributed by atoms with Gasteiger partial charge in [-0.3, -0.25) is 14.4 Å². The van der Waals surface area contributed by atoms with Crippen molar-refractivity contribution in [3.63, 3.8) is 0 Å². The van der Waals surface area contributed by atoms with E-state index in [9.17, 15) is 14.4 Å². The zero-order valence-corrected chi connectivity index (χ0v) is 20.6. The predicted molar refractivity (Wildman–Crippen MR) is 139 cm³/mol. The monoisotopic (exact) mass is 482 g/mol. The number of anilines is 1. The molecule has 0 spiro atoms. The van der Waals surface area contributed by atoms with Crippen molar-refractivity contribution in [3.8, 4) is 0 Å². The van der Waals surface area contributed by atoms with E-state index in [0.29, 0.717) is 31.6 Å². The molecule has 8 N–H and O–H groups in total. The van der Waals surface area contributed by atoms with Crippen LogP contribution in [0.1, 0.15) is 29.5 Å². The first-order valence-corrected chi connectivity index (χ1v) is 11.9. The highest BCUT2D eigenvalue weighted by molar-refractivity contribution is 5.98. The second kappa shape index (κ2) is 14.2. The lowest BCUT2D eigenvalue weighted by atomic mass is 10.0. The summed E-state index contributed by atoms with van der Waals surface area (Å²) in [6.07, 6.45) is 0.760. The normalized spacial score (nSPS) is 12.5. The van der Waals surface area contributed by atoms with Crippen LogP contribution in [0.2, 0.25) is 0 Å². The summed E-state index contributed by atoms with van der Waals surface area (Å²) in [7, 11) is 0. The van der Waals surface area contributed by atoms with Gasteiger partial charge in [0, 0.05) is 31.9 Å². The molecule has 2 aromatic carbocycles. The first kappa shape index (κ1) is 28.0. The Bertz CT molecular complexity index is 956. The molecule has 0 fully saturated rings. The molecule has 0 saturated heterocycles. The third-order valence-corrected chi connectivity index (χ3v) is 5.57. The van der Waals surface area contributed by atoms with Crippen LogP contribution in [0.25, 0.3) is 0 Å². The summed E-state index contributed by atoms with van der Waals surface area (Å²) in [5.41, 5.74) is 20.9. The molecule has 0 aliphatic heterocycles. The molecule has 0 radical (unpaired) electrons. The van der Waals surface area contributed by atoms with Gasteiger partial charge in [0.25, 0.3) is 0 Å². The molecule has 0 aromatic heterocycles. The predicted octanol–water partition coefficient (Wildman–Crippen LogP) is 0.823. The van der Waals surface area contributed by atoms with Crippen molar-refractivity contribution in [2.24, 2.45) is 17.2 Å². The van der Waals surface area contributed by atoms with E-state index in [0.717, 1.165) is 16.7 Å². The zero-order valence-electron chi connectivity index (χ0n) is 20.6. The van der Waals surface area contributed by atoms with Crippen molar-refractivity contribution in [3.05, 3.63) is 65.2 Å². The number of rotatable bonds is 13. The fraction of sp³-hybridized carbons (Fsp3) is 0.423. The van der Waals surface area contributed by atoms with Crippen LogP contribution in [0.15, 0.2) is 48.5 Å². The molecule has 35 heavy (non-hydrogen) atoms. The summed E-state index contributed by atoms with van der Waals surface area (Å²) in [4.78, 5) is 40.1. The molecule has 190 valence electrons. The van der Waals surface area contributed by atoms with Crippen LogP contribution in [0.3, 0.4) is 0 Å². The van der Waals surface area contributed by atoms with Crippen LogP contribution in [-0.2, 0) is 20.8 Å². The number of amides is 3. The topological polar surface area (TPSA) is 157 Å². The van der Waals surface area contributed by atoms with E-state index in [4.69, 9.17) is 17.2 Å². The van der Waals surface area contributed by atoms with Crippen LogP contribution >= 0.6 is 0 Å². The van der Waals surface area contributed by atoms with Crippen molar-refractivity contribution >= 4 is 23.4 Å². The van der Waals surface area contributed by atoms with Crippen molar-refractivity contribution in [1.29, 1.82) is 0 Å². The fourth-order valence-electron chi connectivity index (χ4n) is 3.86. The zero-order chi connectivity index (χ0) is 25.8. The van der Waals surface area contributed by atoms with Crippen LogP contribution in [0.4, 0.5) is 5.69 Å². The van der Waals surface area contributed by atoms with Gasteiger partial charge < -0.3 is 32.7 Å². The van der Waals surface area contributed by atoms with Crippen LogP contribution in [-0.4, -0.2) is 60.9 Å². The maximum Gasteiger partial charge on any atom is 0.246 e. The Morgan fingerprint density at radius 1 is 0.914 bits per heavy atom. The van der Waals surface area contributed by atoms with E-state index < -0.39 is 18.0 Å². The standard InChI is InChI=1S/C26H38N6O3/c1-18-14-19(2)16-21(15-18)30-26(35)23(9-8-20-6-4-3-5-7-20)31-25(34)22(29)17-24(33)32(12-10-27)13-11-28/h3-7,14-16,22-23H,8-13,17,27-29H2,1-2H3,(H,30,35)(H,31,34). The summed E-state index contributed by atoms with van der Waals surface area (Å²) >= 11 is 0. The number of hydrogen-bond acceptors (Lipinski definition) is 6. The molecular formula is C26H38N6O3. The number of carbonyl (C=O) groups is 3. The van der Waals surface area contributed by atoms with Gasteiger partial charge in [-0.25, -0.2) is 0 Å². The Balaban J connectivity index is 2.10. The highest BCUT2D eigenvalue weighted by atomic mass is 16.2. The van der Waals surface area contributed by atoms with Crippen LogP contribution < -0.4 is 27.8 Å². The lowest BCUT2D eigenvalue weighted by molar-refractivity contribution is -0.134. The molecule has 3 amide bonds. The van der Waals surface area contributed by atoms with E-state index in [2.05, 4.69) is 10.6 Å². The molecule has 0 saturated carbocycles. The SMILES string of the molecule is Cc1cc(C)cc(NC(=O)C(CCc2ccccc2)NC(=O)C(N)CC(=O)N(CCN)CCN)c1. The summed E-state index contributed by atoms with van der Waals surface area (Å²) in [6.45, 7) is 5.14. The lowest BCUT2D eigenvalue weighted by Gasteiger charge is -2.24. The maximum atomic E-state index is 13.1. The Labute approximate surface area is 207 Å². The molecule has 2 atom stereocenters. The molecule has 0 heterocycles. The smallest absolute Gasteiger partial charge is 0.246 e. The van der Waals surface area contributed by atoms with Gasteiger partial charge in [0.15, 0.2) is 0 Å². The molecular weight excluding hydrogens is 444 g/mol. The number of nitrogens with one attached hydrogen (secondary N) is 2. The number of nitrogens with zero attached hydrogens (tertiary/aromatic N) is 1. The summed E-state index contributed by atoms with van der Waals surface area (Å²) in [5.74, 6) is -1.21. The van der Waals surface area contributed by atoms with Gasteiger partial charge in [-0.2, -0.15) is 0 Å². The quantitative estimate of drug-likeness (QED) is 0.285. The number of aryl methyl sites for hydroxylation is 3. The molecule has 9 nitrogen and oxygen atoms in total. The number of benzene rings is 2. The van der Waals surface area contributed by atoms with E-state index >= 15 is 0 Å². The van der Waals surface area contributed by atoms with Gasteiger partial charge in [-0.05, 0) is 55.5 Å². The third-order valence-electron chi connectivity index (χ3n) is 5.57. The van der Waals surface area contributed by atoms with E-state index in [-0.39, 0.29) is 31.3 Å². The number of carbonyl (C=O) groups excluding carboxylic acids is 3. The Hall–Kier alpha value is -3.27. The van der Waals surface area contributed by atoms with E-state index in [1.54, 1.807) is 0 Å². The van der Waals surface area contributed by atoms with Gasteiger partial charge in [0.2, 0.25) is 17.7 Å². The molecule has 2 aromatic rings. The molecule has 2 rings (SSSR count). The van der Waals surface area contributed by atoms with Crippen molar-refractivity contribution < 1.29 is 14.4 Å². The average molecular weight is 483 g/mol. The van der Waals surface area contributed by atoms with Gasteiger partial charge in [-0.15, -0.1) is 0 Å². The van der Waals surface area contributed by atoms with Gasteiger partial charge >= 0.3 is 0 Å². The van der Waals surface area contributed by atoms with Crippen molar-refractivity contribution in [1.82, 2.24) is 10.2 Å². The van der Waals surface area contributed by atoms with Crippen LogP contribution in [0.5, 0.6) is 0 Å². The highest BCUT2D eigenvalue weighted by Crippen LogP contribution is 2.15. The first-order valence-electron chi connectivity index (χ1n) is 11.9. The Morgan fingerprint density at radius 3 is 2.09 bits per heavy atom. The average Bonchev–Trinajstić information content (AvgIpc) is 2.81. The molecule has 9 heteroatoms. The number of hydrogen-bond donors (Lipinski definition) is 5. The minimum atomic E-state index is -1.10. The molecule has 0 aliphatic rings. The fourth-order valence-corrected chi connectivity index (χ4v) is 3.86. The van der Waals surface area contributed by atoms with E-state index in [1.165, 1.54) is 4.90 Å². The molecule has 2 unspecified atom stereocenters. The van der Waals surface area contributed by atoms with Crippen LogP contribution in [0, 0.1) is 13.8 Å². The lowest BCUT2D eigenvalue weighted by Crippen LogP contribution is -2.52.